The Morgan fingerprint density at radius 2 is 1.86 bits per heavy atom. The number of nitrogens with one attached hydrogen (secondary N) is 1. The molecule has 0 radical (unpaired) electrons. The summed E-state index contributed by atoms with van der Waals surface area (Å²) >= 11 is 0. The van der Waals surface area contributed by atoms with Gasteiger partial charge in [-0.3, -0.25) is 9.89 Å². The van der Waals surface area contributed by atoms with Crippen LogP contribution in [0.5, 0.6) is 0 Å². The van der Waals surface area contributed by atoms with Crippen molar-refractivity contribution in [1.82, 2.24) is 15.1 Å². The molecule has 7 nitrogen and oxygen atoms in total. The largest absolute Gasteiger partial charge is 0.376 e. The second-order valence-corrected chi connectivity index (χ2v) is 8.85. The maximum absolute atomic E-state index is 6.14. The molecule has 1 N–H and O–H groups in total. The van der Waals surface area contributed by atoms with Gasteiger partial charge in [-0.05, 0) is 52.4 Å². The Kier molecular flexibility index (Phi) is 9.49. The summed E-state index contributed by atoms with van der Waals surface area (Å²) in [5, 5.41) is 3.56. The number of rotatable bonds is 7. The van der Waals surface area contributed by atoms with E-state index in [1.807, 2.05) is 7.05 Å². The summed E-state index contributed by atoms with van der Waals surface area (Å²) < 4.78 is 17.7. The number of aliphatic imine (C=N–C) groups is 1. The third-order valence-corrected chi connectivity index (χ3v) is 6.17. The average Bonchev–Trinajstić information content (AvgIpc) is 2.73. The van der Waals surface area contributed by atoms with E-state index in [4.69, 9.17) is 14.2 Å². The second-order valence-electron chi connectivity index (χ2n) is 8.85. The van der Waals surface area contributed by atoms with Gasteiger partial charge in [-0.1, -0.05) is 0 Å². The molecule has 0 aliphatic carbocycles. The highest BCUT2D eigenvalue weighted by molar-refractivity contribution is 5.79. The van der Waals surface area contributed by atoms with Crippen LogP contribution >= 0.6 is 0 Å². The molecule has 168 valence electrons. The van der Waals surface area contributed by atoms with Gasteiger partial charge in [0, 0.05) is 52.9 Å². The highest BCUT2D eigenvalue weighted by Gasteiger charge is 2.24. The fraction of sp³-hybridized carbons (Fsp3) is 0.955. The van der Waals surface area contributed by atoms with Gasteiger partial charge in [0.1, 0.15) is 0 Å². The van der Waals surface area contributed by atoms with Crippen LogP contribution in [-0.2, 0) is 14.2 Å². The zero-order valence-corrected chi connectivity index (χ0v) is 18.8. The Balaban J connectivity index is 1.28. The smallest absolute Gasteiger partial charge is 0.193 e. The summed E-state index contributed by atoms with van der Waals surface area (Å²) in [5.41, 5.74) is 0. The van der Waals surface area contributed by atoms with E-state index in [0.29, 0.717) is 24.4 Å². The van der Waals surface area contributed by atoms with E-state index < -0.39 is 0 Å². The van der Waals surface area contributed by atoms with Gasteiger partial charge in [0.15, 0.2) is 5.96 Å². The lowest BCUT2D eigenvalue weighted by molar-refractivity contribution is -0.0721. The number of nitrogens with zero attached hydrogens (tertiary/aromatic N) is 3. The Morgan fingerprint density at radius 3 is 2.52 bits per heavy atom. The molecule has 3 unspecified atom stereocenters. The van der Waals surface area contributed by atoms with Crippen LogP contribution in [0.4, 0.5) is 0 Å². The molecular formula is C22H42N4O3. The van der Waals surface area contributed by atoms with Crippen LogP contribution in [-0.4, -0.2) is 99.7 Å². The van der Waals surface area contributed by atoms with Gasteiger partial charge in [-0.25, -0.2) is 0 Å². The summed E-state index contributed by atoms with van der Waals surface area (Å²) in [6.07, 6.45) is 8.24. The first-order valence-electron chi connectivity index (χ1n) is 11.7. The van der Waals surface area contributed by atoms with E-state index in [9.17, 15) is 0 Å². The normalized spacial score (nSPS) is 30.5. The van der Waals surface area contributed by atoms with Crippen LogP contribution in [0.2, 0.25) is 0 Å². The molecule has 3 heterocycles. The number of guanidine groups is 1. The minimum Gasteiger partial charge on any atom is -0.376 e. The van der Waals surface area contributed by atoms with Gasteiger partial charge in [-0.15, -0.1) is 0 Å². The predicted octanol–water partition coefficient (Wildman–Crippen LogP) is 2.11. The minimum absolute atomic E-state index is 0.314. The molecule has 7 heteroatoms. The molecule has 0 amide bonds. The van der Waals surface area contributed by atoms with Crippen molar-refractivity contribution >= 4 is 5.96 Å². The maximum atomic E-state index is 6.14. The van der Waals surface area contributed by atoms with Crippen molar-refractivity contribution in [2.45, 2.75) is 76.8 Å². The molecule has 0 aromatic carbocycles. The summed E-state index contributed by atoms with van der Waals surface area (Å²) in [6, 6.07) is 0. The number of hydrogen-bond acceptors (Lipinski definition) is 5. The van der Waals surface area contributed by atoms with E-state index in [2.05, 4.69) is 34.0 Å². The number of hydrogen-bond donors (Lipinski definition) is 1. The Labute approximate surface area is 177 Å². The van der Waals surface area contributed by atoms with E-state index in [-0.39, 0.29) is 0 Å². The lowest BCUT2D eigenvalue weighted by atomic mass is 10.1. The minimum atomic E-state index is 0.314. The summed E-state index contributed by atoms with van der Waals surface area (Å²) in [5.74, 6) is 1.03. The van der Waals surface area contributed by atoms with Crippen LogP contribution in [0.15, 0.2) is 4.99 Å². The van der Waals surface area contributed by atoms with Gasteiger partial charge in [0.25, 0.3) is 0 Å². The summed E-state index contributed by atoms with van der Waals surface area (Å²) in [6.45, 7) is 12.2. The fourth-order valence-corrected chi connectivity index (χ4v) is 4.72. The molecule has 0 saturated carbocycles. The molecule has 3 fully saturated rings. The average molecular weight is 411 g/mol. The van der Waals surface area contributed by atoms with Crippen molar-refractivity contribution < 1.29 is 14.2 Å². The van der Waals surface area contributed by atoms with Gasteiger partial charge >= 0.3 is 0 Å². The highest BCUT2D eigenvalue weighted by Crippen LogP contribution is 2.18. The predicted molar refractivity (Wildman–Crippen MR) is 117 cm³/mol. The zero-order valence-electron chi connectivity index (χ0n) is 18.8. The van der Waals surface area contributed by atoms with E-state index in [0.717, 1.165) is 84.1 Å². The monoisotopic (exact) mass is 410 g/mol. The maximum Gasteiger partial charge on any atom is 0.193 e. The Morgan fingerprint density at radius 1 is 1.10 bits per heavy atom. The number of piperidine rings is 1. The first-order valence-corrected chi connectivity index (χ1v) is 11.7. The first kappa shape index (κ1) is 22.8. The highest BCUT2D eigenvalue weighted by atomic mass is 16.5. The zero-order chi connectivity index (χ0) is 20.5. The van der Waals surface area contributed by atoms with E-state index >= 15 is 0 Å². The molecule has 0 aromatic heterocycles. The molecule has 3 aliphatic heterocycles. The van der Waals surface area contributed by atoms with Crippen LogP contribution in [0.1, 0.15) is 52.4 Å². The molecule has 0 aromatic rings. The van der Waals surface area contributed by atoms with E-state index in [1.54, 1.807) is 0 Å². The van der Waals surface area contributed by atoms with Gasteiger partial charge in [0.05, 0.1) is 31.0 Å². The van der Waals surface area contributed by atoms with Crippen LogP contribution in [0, 0.1) is 0 Å². The molecule has 0 spiro atoms. The SMILES string of the molecule is CN=C(NCCCN1CC(C)OC(C)C1)N1CCC(OCC2CCCCO2)CC1. The quantitative estimate of drug-likeness (QED) is 0.394. The van der Waals surface area contributed by atoms with Crippen LogP contribution in [0.25, 0.3) is 0 Å². The first-order chi connectivity index (χ1) is 14.1. The summed E-state index contributed by atoms with van der Waals surface area (Å²) in [4.78, 5) is 9.39. The molecule has 3 aliphatic rings. The molecule has 29 heavy (non-hydrogen) atoms. The van der Waals surface area contributed by atoms with Crippen molar-refractivity contribution in [3.05, 3.63) is 0 Å². The fourth-order valence-electron chi connectivity index (χ4n) is 4.72. The van der Waals surface area contributed by atoms with Gasteiger partial charge in [-0.2, -0.15) is 0 Å². The number of morpholine rings is 1. The van der Waals surface area contributed by atoms with Crippen molar-refractivity contribution in [3.63, 3.8) is 0 Å². The Hall–Kier alpha value is -0.890. The van der Waals surface area contributed by atoms with Crippen molar-refractivity contribution in [1.29, 1.82) is 0 Å². The second kappa shape index (κ2) is 12.1. The molecule has 3 rings (SSSR count). The van der Waals surface area contributed by atoms with Crippen molar-refractivity contribution in [2.75, 3.05) is 59.5 Å². The standard InChI is InChI=1S/C22H42N4O3/c1-18-15-25(16-19(2)29-18)11-6-10-24-22(23-3)26-12-8-20(9-13-26)28-17-21-7-4-5-14-27-21/h18-21H,4-17H2,1-3H3,(H,23,24). The Bertz CT molecular complexity index is 480. The van der Waals surface area contributed by atoms with Gasteiger partial charge in [0.2, 0.25) is 0 Å². The van der Waals surface area contributed by atoms with Crippen LogP contribution in [0.3, 0.4) is 0 Å². The lowest BCUT2D eigenvalue weighted by Gasteiger charge is -2.36. The van der Waals surface area contributed by atoms with E-state index in [1.165, 1.54) is 12.8 Å². The molecule has 0 bridgehead atoms. The van der Waals surface area contributed by atoms with Gasteiger partial charge < -0.3 is 24.4 Å². The molecular weight excluding hydrogens is 368 g/mol. The lowest BCUT2D eigenvalue weighted by Crippen LogP contribution is -2.48. The molecule has 3 atom stereocenters. The van der Waals surface area contributed by atoms with Crippen molar-refractivity contribution in [3.8, 4) is 0 Å². The third-order valence-electron chi connectivity index (χ3n) is 6.17. The summed E-state index contributed by atoms with van der Waals surface area (Å²) in [7, 11) is 1.89. The number of ether oxygens (including phenoxy) is 3. The van der Waals surface area contributed by atoms with Crippen molar-refractivity contribution in [2.24, 2.45) is 4.99 Å². The molecule has 3 saturated heterocycles. The third kappa shape index (κ3) is 7.70. The van der Waals surface area contributed by atoms with Crippen LogP contribution < -0.4 is 5.32 Å². The number of likely N-dealkylation sites (tertiary alicyclic amines) is 1. The topological polar surface area (TPSA) is 58.6 Å².